The van der Waals surface area contributed by atoms with Crippen LogP contribution in [-0.4, -0.2) is 24.1 Å². The van der Waals surface area contributed by atoms with Crippen LogP contribution in [0.1, 0.15) is 6.42 Å². The maximum atomic E-state index is 9.77. The van der Waals surface area contributed by atoms with Gasteiger partial charge in [-0.05, 0) is 0 Å². The van der Waals surface area contributed by atoms with E-state index in [2.05, 4.69) is 0 Å². The monoisotopic (exact) mass is 182 g/mol. The largest absolute Gasteiger partial charge is 0.350 e. The summed E-state index contributed by atoms with van der Waals surface area (Å²) in [5.41, 5.74) is 0. The van der Waals surface area contributed by atoms with Crippen LogP contribution >= 0.6 is 20.0 Å². The standard InChI is InChI=1S/C5H8ClO3P/c1-10(8)9-3-2-5(6)4-7/h8H,2-3H2,1H3. The smallest absolute Gasteiger partial charge is 0.164 e. The quantitative estimate of drug-likeness (QED) is 0.526. The third-order valence-electron chi connectivity index (χ3n) is 0.710. The molecule has 3 nitrogen and oxygen atoms in total. The average Bonchev–Trinajstić information content (AvgIpc) is 1.87. The Morgan fingerprint density at radius 1 is 1.90 bits per heavy atom. The normalized spacial score (nSPS) is 12.3. The minimum atomic E-state index is -1.34. The van der Waals surface area contributed by atoms with Crippen molar-refractivity contribution in [3.8, 4) is 0 Å². The van der Waals surface area contributed by atoms with Crippen LogP contribution in [0.4, 0.5) is 0 Å². The van der Waals surface area contributed by atoms with E-state index in [0.29, 0.717) is 6.42 Å². The minimum Gasteiger partial charge on any atom is -0.350 e. The maximum Gasteiger partial charge on any atom is 0.164 e. The van der Waals surface area contributed by atoms with E-state index in [4.69, 9.17) is 21.0 Å². The first kappa shape index (κ1) is 10.1. The van der Waals surface area contributed by atoms with Gasteiger partial charge in [0.25, 0.3) is 0 Å². The van der Waals surface area contributed by atoms with Gasteiger partial charge in [0.1, 0.15) is 11.0 Å². The zero-order valence-corrected chi connectivity index (χ0v) is 7.15. The topological polar surface area (TPSA) is 46.5 Å². The highest BCUT2D eigenvalue weighted by Gasteiger charge is 1.97. The van der Waals surface area contributed by atoms with Crippen molar-refractivity contribution < 1.29 is 14.2 Å². The van der Waals surface area contributed by atoms with Crippen molar-refractivity contribution in [2.75, 3.05) is 13.3 Å². The first-order valence-electron chi connectivity index (χ1n) is 2.62. The summed E-state index contributed by atoms with van der Waals surface area (Å²) in [6, 6.07) is 0. The number of carbonyl (C=O) groups excluding carboxylic acids is 1. The third kappa shape index (κ3) is 6.21. The van der Waals surface area contributed by atoms with E-state index in [1.165, 1.54) is 5.94 Å². The summed E-state index contributed by atoms with van der Waals surface area (Å²) in [6.07, 6.45) is 0.318. The minimum absolute atomic E-state index is 0.0943. The van der Waals surface area contributed by atoms with Gasteiger partial charge in [0.2, 0.25) is 0 Å². The van der Waals surface area contributed by atoms with Gasteiger partial charge in [-0.1, -0.05) is 11.6 Å². The molecule has 0 radical (unpaired) electrons. The second-order valence-corrected chi connectivity index (χ2v) is 3.20. The van der Waals surface area contributed by atoms with E-state index in [1.807, 2.05) is 0 Å². The molecule has 1 atom stereocenters. The molecule has 0 aliphatic heterocycles. The average molecular weight is 183 g/mol. The third-order valence-corrected chi connectivity index (χ3v) is 1.53. The Kier molecular flexibility index (Phi) is 5.90. The zero-order valence-electron chi connectivity index (χ0n) is 5.50. The summed E-state index contributed by atoms with van der Waals surface area (Å²) in [7, 11) is -1.34. The molecule has 0 aliphatic carbocycles. The molecule has 0 amide bonds. The lowest BCUT2D eigenvalue weighted by Crippen LogP contribution is -1.88. The summed E-state index contributed by atoms with van der Waals surface area (Å²) in [4.78, 5) is 18.4. The fourth-order valence-corrected chi connectivity index (χ4v) is 0.751. The molecular weight excluding hydrogens is 174 g/mol. The molecule has 5 heteroatoms. The van der Waals surface area contributed by atoms with Crippen molar-refractivity contribution >= 4 is 25.9 Å². The first-order chi connectivity index (χ1) is 4.66. The van der Waals surface area contributed by atoms with E-state index in [0.717, 1.165) is 0 Å². The summed E-state index contributed by atoms with van der Waals surface area (Å²) < 4.78 is 4.75. The molecule has 58 valence electrons. The van der Waals surface area contributed by atoms with Gasteiger partial charge >= 0.3 is 0 Å². The van der Waals surface area contributed by atoms with Crippen LogP contribution < -0.4 is 0 Å². The van der Waals surface area contributed by atoms with E-state index in [9.17, 15) is 4.79 Å². The molecule has 1 unspecified atom stereocenters. The predicted octanol–water partition coefficient (Wildman–Crippen LogP) is 1.28. The number of hydrogen-bond donors (Lipinski definition) is 1. The highest BCUT2D eigenvalue weighted by atomic mass is 35.5. The number of hydrogen-bond acceptors (Lipinski definition) is 3. The van der Waals surface area contributed by atoms with Crippen molar-refractivity contribution in [2.24, 2.45) is 0 Å². The van der Waals surface area contributed by atoms with Gasteiger partial charge in [-0.15, -0.1) is 0 Å². The molecule has 1 N–H and O–H groups in total. The van der Waals surface area contributed by atoms with Crippen LogP contribution in [0, 0.1) is 0 Å². The first-order valence-corrected chi connectivity index (χ1v) is 4.65. The molecule has 0 bridgehead atoms. The maximum absolute atomic E-state index is 9.77. The second kappa shape index (κ2) is 5.84. The Morgan fingerprint density at radius 2 is 2.50 bits per heavy atom. The molecular formula is C5H8ClO3P. The molecule has 0 spiro atoms. The molecule has 0 aromatic heterocycles. The van der Waals surface area contributed by atoms with Crippen LogP contribution in [0.15, 0.2) is 5.03 Å². The molecule has 0 heterocycles. The van der Waals surface area contributed by atoms with Crippen molar-refractivity contribution in [3.63, 3.8) is 0 Å². The Balaban J connectivity index is 3.29. The van der Waals surface area contributed by atoms with Crippen LogP contribution in [0.3, 0.4) is 0 Å². The van der Waals surface area contributed by atoms with Crippen molar-refractivity contribution in [1.82, 2.24) is 0 Å². The summed E-state index contributed by atoms with van der Waals surface area (Å²) in [5, 5.41) is 0.0943. The lowest BCUT2D eigenvalue weighted by Gasteiger charge is -2.02. The van der Waals surface area contributed by atoms with Crippen LogP contribution in [-0.2, 0) is 9.32 Å². The zero-order chi connectivity index (χ0) is 7.98. The SMILES string of the molecule is CP(O)OCCC(Cl)=C=O. The predicted molar refractivity (Wildman–Crippen MR) is 40.7 cm³/mol. The molecule has 0 aromatic rings. The van der Waals surface area contributed by atoms with Gasteiger partial charge < -0.3 is 9.42 Å². The lowest BCUT2D eigenvalue weighted by molar-refractivity contribution is 0.319. The van der Waals surface area contributed by atoms with Gasteiger partial charge in [0, 0.05) is 13.1 Å². The fourth-order valence-electron chi connectivity index (χ4n) is 0.318. The van der Waals surface area contributed by atoms with E-state index in [-0.39, 0.29) is 11.6 Å². The van der Waals surface area contributed by atoms with Crippen LogP contribution in [0.5, 0.6) is 0 Å². The van der Waals surface area contributed by atoms with Gasteiger partial charge in [0.15, 0.2) is 8.38 Å². The Morgan fingerprint density at radius 3 is 2.90 bits per heavy atom. The van der Waals surface area contributed by atoms with E-state index in [1.54, 1.807) is 6.66 Å². The van der Waals surface area contributed by atoms with Gasteiger partial charge in [-0.25, -0.2) is 4.79 Å². The second-order valence-electron chi connectivity index (χ2n) is 1.55. The molecule has 0 fully saturated rings. The molecule has 0 aromatic carbocycles. The summed E-state index contributed by atoms with van der Waals surface area (Å²) in [5.74, 6) is 1.52. The van der Waals surface area contributed by atoms with E-state index >= 15 is 0 Å². The highest BCUT2D eigenvalue weighted by Crippen LogP contribution is 2.25. The summed E-state index contributed by atoms with van der Waals surface area (Å²) in [6.45, 7) is 1.82. The summed E-state index contributed by atoms with van der Waals surface area (Å²) >= 11 is 5.29. The van der Waals surface area contributed by atoms with Crippen molar-refractivity contribution in [1.29, 1.82) is 0 Å². The Bertz CT molecular complexity index is 142. The number of halogens is 1. The lowest BCUT2D eigenvalue weighted by atomic mass is 10.4. The molecule has 0 rings (SSSR count). The van der Waals surface area contributed by atoms with Crippen molar-refractivity contribution in [3.05, 3.63) is 5.03 Å². The Hall–Kier alpha value is 0.0900. The van der Waals surface area contributed by atoms with Crippen LogP contribution in [0.2, 0.25) is 0 Å². The van der Waals surface area contributed by atoms with Crippen LogP contribution in [0.25, 0.3) is 0 Å². The van der Waals surface area contributed by atoms with Gasteiger partial charge in [-0.2, -0.15) is 0 Å². The fraction of sp³-hybridized carbons (Fsp3) is 0.600. The van der Waals surface area contributed by atoms with Gasteiger partial charge in [-0.3, -0.25) is 0 Å². The molecule has 0 saturated heterocycles. The van der Waals surface area contributed by atoms with Gasteiger partial charge in [0.05, 0.1) is 6.61 Å². The highest BCUT2D eigenvalue weighted by molar-refractivity contribution is 7.45. The molecule has 10 heavy (non-hydrogen) atoms. The van der Waals surface area contributed by atoms with Crippen molar-refractivity contribution in [2.45, 2.75) is 6.42 Å². The number of rotatable bonds is 4. The molecule has 0 aliphatic rings. The molecule has 0 saturated carbocycles. The van der Waals surface area contributed by atoms with E-state index < -0.39 is 8.38 Å². The Labute approximate surface area is 65.6 Å².